The molecule has 1 amide bonds. The maximum atomic E-state index is 12.7. The third-order valence-corrected chi connectivity index (χ3v) is 4.06. The first-order valence-corrected chi connectivity index (χ1v) is 7.72. The Morgan fingerprint density at radius 2 is 2.04 bits per heavy atom. The van der Waals surface area contributed by atoms with Gasteiger partial charge in [0.2, 0.25) is 0 Å². The maximum Gasteiger partial charge on any atom is 0.339 e. The molecular weight excluding hydrogens is 306 g/mol. The summed E-state index contributed by atoms with van der Waals surface area (Å²) < 4.78 is 10.5. The number of nitrogens with one attached hydrogen (secondary N) is 1. The summed E-state index contributed by atoms with van der Waals surface area (Å²) in [5, 5.41) is 2.83. The van der Waals surface area contributed by atoms with E-state index in [0.29, 0.717) is 24.3 Å². The molecule has 0 radical (unpaired) electrons. The highest BCUT2D eigenvalue weighted by molar-refractivity contribution is 6.02. The Bertz CT molecular complexity index is 786. The van der Waals surface area contributed by atoms with Crippen molar-refractivity contribution in [1.82, 2.24) is 0 Å². The number of amides is 1. The average Bonchev–Trinajstić information content (AvgIpc) is 2.55. The molecule has 1 aliphatic rings. The standard InChI is InChI=1S/C19H19NO4/c1-19(11-14-7-3-4-9-16(14)17(21)24-19)18(22)20-15-8-5-6-13(10-15)12-23-2/h3-10H,11-12H2,1-2H3,(H,20,22). The van der Waals surface area contributed by atoms with Gasteiger partial charge in [-0.2, -0.15) is 0 Å². The van der Waals surface area contributed by atoms with Crippen LogP contribution in [0.4, 0.5) is 5.69 Å². The van der Waals surface area contributed by atoms with E-state index in [1.165, 1.54) is 0 Å². The molecule has 0 bridgehead atoms. The van der Waals surface area contributed by atoms with Crippen molar-refractivity contribution in [1.29, 1.82) is 0 Å². The predicted octanol–water partition coefficient (Wildman–Crippen LogP) is 2.94. The van der Waals surface area contributed by atoms with Crippen molar-refractivity contribution >= 4 is 17.6 Å². The van der Waals surface area contributed by atoms with Gasteiger partial charge in [-0.15, -0.1) is 0 Å². The van der Waals surface area contributed by atoms with E-state index in [-0.39, 0.29) is 5.91 Å². The summed E-state index contributed by atoms with van der Waals surface area (Å²) in [7, 11) is 1.62. The lowest BCUT2D eigenvalue weighted by Gasteiger charge is -2.33. The van der Waals surface area contributed by atoms with Crippen LogP contribution in [0.1, 0.15) is 28.4 Å². The highest BCUT2D eigenvalue weighted by Crippen LogP contribution is 2.29. The van der Waals surface area contributed by atoms with Crippen LogP contribution in [0.25, 0.3) is 0 Å². The van der Waals surface area contributed by atoms with Gasteiger partial charge in [0.25, 0.3) is 5.91 Å². The lowest BCUT2D eigenvalue weighted by Crippen LogP contribution is -2.48. The Morgan fingerprint density at radius 1 is 1.25 bits per heavy atom. The van der Waals surface area contributed by atoms with Crippen LogP contribution in [-0.4, -0.2) is 24.6 Å². The summed E-state index contributed by atoms with van der Waals surface area (Å²) in [5.41, 5.74) is 1.70. The van der Waals surface area contributed by atoms with Gasteiger partial charge < -0.3 is 14.8 Å². The zero-order valence-electron chi connectivity index (χ0n) is 13.7. The van der Waals surface area contributed by atoms with Crippen molar-refractivity contribution < 1.29 is 19.1 Å². The molecule has 1 aliphatic heterocycles. The van der Waals surface area contributed by atoms with E-state index in [9.17, 15) is 9.59 Å². The number of benzene rings is 2. The number of hydrogen-bond donors (Lipinski definition) is 1. The van der Waals surface area contributed by atoms with Crippen molar-refractivity contribution in [2.75, 3.05) is 12.4 Å². The summed E-state index contributed by atoms with van der Waals surface area (Å²) in [6.07, 6.45) is 0.346. The fourth-order valence-electron chi connectivity index (χ4n) is 2.83. The highest BCUT2D eigenvalue weighted by atomic mass is 16.6. The quantitative estimate of drug-likeness (QED) is 0.878. The second kappa shape index (κ2) is 6.45. The lowest BCUT2D eigenvalue weighted by molar-refractivity contribution is -0.134. The van der Waals surface area contributed by atoms with Crippen LogP contribution in [0.3, 0.4) is 0 Å². The topological polar surface area (TPSA) is 64.6 Å². The molecule has 124 valence electrons. The van der Waals surface area contributed by atoms with Crippen LogP contribution < -0.4 is 5.32 Å². The molecule has 0 saturated carbocycles. The Kier molecular flexibility index (Phi) is 4.36. The molecule has 3 rings (SSSR count). The van der Waals surface area contributed by atoms with Crippen molar-refractivity contribution in [2.24, 2.45) is 0 Å². The largest absolute Gasteiger partial charge is 0.445 e. The number of esters is 1. The normalized spacial score (nSPS) is 19.3. The molecule has 0 saturated heterocycles. The number of carbonyl (C=O) groups excluding carboxylic acids is 2. The Morgan fingerprint density at radius 3 is 2.83 bits per heavy atom. The number of fused-ring (bicyclic) bond motifs is 1. The van der Waals surface area contributed by atoms with Crippen LogP contribution >= 0.6 is 0 Å². The monoisotopic (exact) mass is 325 g/mol. The van der Waals surface area contributed by atoms with Gasteiger partial charge in [0.05, 0.1) is 12.2 Å². The number of hydrogen-bond acceptors (Lipinski definition) is 4. The summed E-state index contributed by atoms with van der Waals surface area (Å²) >= 11 is 0. The molecule has 0 aromatic heterocycles. The van der Waals surface area contributed by atoms with E-state index in [2.05, 4.69) is 5.32 Å². The lowest BCUT2D eigenvalue weighted by atomic mass is 9.89. The van der Waals surface area contributed by atoms with E-state index in [0.717, 1.165) is 11.1 Å². The number of anilines is 1. The molecule has 24 heavy (non-hydrogen) atoms. The molecular formula is C19H19NO4. The molecule has 1 unspecified atom stereocenters. The average molecular weight is 325 g/mol. The van der Waals surface area contributed by atoms with E-state index < -0.39 is 11.6 Å². The second-order valence-electron chi connectivity index (χ2n) is 6.04. The van der Waals surface area contributed by atoms with Gasteiger partial charge in [-0.25, -0.2) is 4.79 Å². The fourth-order valence-corrected chi connectivity index (χ4v) is 2.83. The molecule has 2 aromatic carbocycles. The molecule has 1 heterocycles. The molecule has 1 N–H and O–H groups in total. The first-order valence-electron chi connectivity index (χ1n) is 7.72. The number of cyclic esters (lactones) is 1. The highest BCUT2D eigenvalue weighted by Gasteiger charge is 2.42. The second-order valence-corrected chi connectivity index (χ2v) is 6.04. The van der Waals surface area contributed by atoms with Crippen LogP contribution in [-0.2, 0) is 27.3 Å². The van der Waals surface area contributed by atoms with Gasteiger partial charge in [-0.3, -0.25) is 4.79 Å². The van der Waals surface area contributed by atoms with Gasteiger partial charge in [0.15, 0.2) is 5.60 Å². The number of methoxy groups -OCH3 is 1. The van der Waals surface area contributed by atoms with Gasteiger partial charge in [0.1, 0.15) is 0 Å². The fraction of sp³-hybridized carbons (Fsp3) is 0.263. The minimum atomic E-state index is -1.23. The molecule has 5 nitrogen and oxygen atoms in total. The van der Waals surface area contributed by atoms with E-state index >= 15 is 0 Å². The van der Waals surface area contributed by atoms with Crippen LogP contribution in [0.2, 0.25) is 0 Å². The Hall–Kier alpha value is -2.66. The predicted molar refractivity (Wildman–Crippen MR) is 89.8 cm³/mol. The van der Waals surface area contributed by atoms with Crippen LogP contribution in [0, 0.1) is 0 Å². The number of carbonyl (C=O) groups is 2. The van der Waals surface area contributed by atoms with Crippen LogP contribution in [0.5, 0.6) is 0 Å². The summed E-state index contributed by atoms with van der Waals surface area (Å²) in [5.74, 6) is -0.817. The van der Waals surface area contributed by atoms with Crippen molar-refractivity contribution in [3.8, 4) is 0 Å². The Balaban J connectivity index is 1.80. The number of rotatable bonds is 4. The molecule has 1 atom stereocenters. The maximum absolute atomic E-state index is 12.7. The molecule has 0 aliphatic carbocycles. The van der Waals surface area contributed by atoms with E-state index in [1.54, 1.807) is 32.2 Å². The zero-order chi connectivity index (χ0) is 17.2. The Labute approximate surface area is 140 Å². The van der Waals surface area contributed by atoms with Gasteiger partial charge >= 0.3 is 5.97 Å². The van der Waals surface area contributed by atoms with E-state index in [4.69, 9.17) is 9.47 Å². The first-order chi connectivity index (χ1) is 11.5. The van der Waals surface area contributed by atoms with Gasteiger partial charge in [-0.1, -0.05) is 30.3 Å². The molecule has 0 spiro atoms. The third kappa shape index (κ3) is 3.16. The van der Waals surface area contributed by atoms with Gasteiger partial charge in [-0.05, 0) is 36.2 Å². The molecule has 2 aromatic rings. The van der Waals surface area contributed by atoms with Gasteiger partial charge in [0, 0.05) is 19.2 Å². The van der Waals surface area contributed by atoms with Crippen molar-refractivity contribution in [3.63, 3.8) is 0 Å². The summed E-state index contributed by atoms with van der Waals surface area (Å²) in [6, 6.07) is 14.6. The third-order valence-electron chi connectivity index (χ3n) is 4.06. The number of ether oxygens (including phenoxy) is 2. The SMILES string of the molecule is COCc1cccc(NC(=O)C2(C)Cc3ccccc3C(=O)O2)c1. The van der Waals surface area contributed by atoms with Crippen molar-refractivity contribution in [2.45, 2.75) is 25.6 Å². The van der Waals surface area contributed by atoms with E-state index in [1.807, 2.05) is 30.3 Å². The zero-order valence-corrected chi connectivity index (χ0v) is 13.7. The summed E-state index contributed by atoms with van der Waals surface area (Å²) in [4.78, 5) is 24.9. The minimum Gasteiger partial charge on any atom is -0.445 e. The van der Waals surface area contributed by atoms with Crippen LogP contribution in [0.15, 0.2) is 48.5 Å². The minimum absolute atomic E-state index is 0.346. The smallest absolute Gasteiger partial charge is 0.339 e. The molecule has 0 fully saturated rings. The summed E-state index contributed by atoms with van der Waals surface area (Å²) in [6.45, 7) is 2.10. The first kappa shape index (κ1) is 16.2. The van der Waals surface area contributed by atoms with Crippen molar-refractivity contribution in [3.05, 3.63) is 65.2 Å². The molecule has 5 heteroatoms.